The average molecular weight is 238 g/mol. The lowest BCUT2D eigenvalue weighted by atomic mass is 9.85. The molecule has 0 radical (unpaired) electrons. The Morgan fingerprint density at radius 3 is 2.75 bits per heavy atom. The fraction of sp³-hybridized carbons (Fsp3) is 0.643. The van der Waals surface area contributed by atoms with Crippen molar-refractivity contribution in [2.24, 2.45) is 5.92 Å². The van der Waals surface area contributed by atoms with E-state index in [1.165, 1.54) is 36.9 Å². The van der Waals surface area contributed by atoms with Gasteiger partial charge in [-0.25, -0.2) is 0 Å². The fourth-order valence-corrected chi connectivity index (χ4v) is 2.82. The molecule has 1 heterocycles. The molecule has 1 saturated carbocycles. The minimum Gasteiger partial charge on any atom is -0.261 e. The van der Waals surface area contributed by atoms with Gasteiger partial charge < -0.3 is 0 Å². The highest BCUT2D eigenvalue weighted by molar-refractivity contribution is 6.20. The van der Waals surface area contributed by atoms with Crippen molar-refractivity contribution in [3.05, 3.63) is 29.6 Å². The summed E-state index contributed by atoms with van der Waals surface area (Å²) in [5, 5.41) is 0.362. The Labute approximate surface area is 103 Å². The predicted octanol–water partition coefficient (Wildman–Crippen LogP) is 3.98. The summed E-state index contributed by atoms with van der Waals surface area (Å²) in [6.07, 6.45) is 9.20. The van der Waals surface area contributed by atoms with Gasteiger partial charge >= 0.3 is 0 Å². The quantitative estimate of drug-likeness (QED) is 0.725. The van der Waals surface area contributed by atoms with Crippen LogP contribution in [0.25, 0.3) is 0 Å². The first-order valence-corrected chi connectivity index (χ1v) is 6.81. The number of pyridine rings is 1. The number of aryl methyl sites for hydroxylation is 1. The van der Waals surface area contributed by atoms with Crippen LogP contribution in [0.4, 0.5) is 0 Å². The molecule has 0 saturated heterocycles. The van der Waals surface area contributed by atoms with E-state index in [1.807, 2.05) is 6.20 Å². The Kier molecular flexibility index (Phi) is 4.22. The van der Waals surface area contributed by atoms with E-state index in [2.05, 4.69) is 24.0 Å². The zero-order chi connectivity index (χ0) is 11.4. The van der Waals surface area contributed by atoms with Gasteiger partial charge in [0.1, 0.15) is 0 Å². The second-order valence-corrected chi connectivity index (χ2v) is 5.34. The minimum atomic E-state index is 0.362. The summed E-state index contributed by atoms with van der Waals surface area (Å²) >= 11 is 6.36. The van der Waals surface area contributed by atoms with Crippen molar-refractivity contribution in [1.82, 2.24) is 4.98 Å². The van der Waals surface area contributed by atoms with E-state index in [0.29, 0.717) is 11.3 Å². The average Bonchev–Trinajstić information content (AvgIpc) is 2.33. The van der Waals surface area contributed by atoms with Gasteiger partial charge in [0.05, 0.1) is 0 Å². The zero-order valence-corrected chi connectivity index (χ0v) is 10.7. The molecule has 0 aliphatic heterocycles. The summed E-state index contributed by atoms with van der Waals surface area (Å²) in [5.74, 6) is 0.635. The van der Waals surface area contributed by atoms with E-state index >= 15 is 0 Å². The summed E-state index contributed by atoms with van der Waals surface area (Å²) in [5.41, 5.74) is 2.52. The second kappa shape index (κ2) is 5.67. The molecule has 88 valence electrons. The van der Waals surface area contributed by atoms with Crippen molar-refractivity contribution < 1.29 is 0 Å². The summed E-state index contributed by atoms with van der Waals surface area (Å²) in [6, 6.07) is 4.35. The molecule has 1 nitrogen and oxygen atoms in total. The lowest BCUT2D eigenvalue weighted by Gasteiger charge is -2.26. The van der Waals surface area contributed by atoms with Gasteiger partial charge in [-0.05, 0) is 43.2 Å². The molecular formula is C14H20ClN. The highest BCUT2D eigenvalue weighted by Crippen LogP contribution is 2.30. The monoisotopic (exact) mass is 237 g/mol. The number of aromatic nitrogens is 1. The molecule has 2 unspecified atom stereocenters. The van der Waals surface area contributed by atoms with Crippen LogP contribution in [0.15, 0.2) is 18.3 Å². The number of halogens is 1. The Morgan fingerprint density at radius 2 is 2.12 bits per heavy atom. The second-order valence-electron chi connectivity index (χ2n) is 4.78. The Hall–Kier alpha value is -0.560. The molecule has 1 aliphatic rings. The van der Waals surface area contributed by atoms with Crippen LogP contribution < -0.4 is 0 Å². The lowest BCUT2D eigenvalue weighted by molar-refractivity contribution is 0.361. The van der Waals surface area contributed by atoms with Crippen LogP contribution in [0.3, 0.4) is 0 Å². The molecule has 0 bridgehead atoms. The van der Waals surface area contributed by atoms with Gasteiger partial charge in [0.25, 0.3) is 0 Å². The highest BCUT2D eigenvalue weighted by atomic mass is 35.5. The number of hydrogen-bond acceptors (Lipinski definition) is 1. The first kappa shape index (κ1) is 11.9. The first-order chi connectivity index (χ1) is 7.79. The molecular weight excluding hydrogens is 218 g/mol. The molecule has 0 aromatic carbocycles. The largest absolute Gasteiger partial charge is 0.261 e. The Morgan fingerprint density at radius 1 is 1.31 bits per heavy atom. The van der Waals surface area contributed by atoms with E-state index < -0.39 is 0 Å². The van der Waals surface area contributed by atoms with Gasteiger partial charge in [-0.3, -0.25) is 4.98 Å². The third-order valence-electron chi connectivity index (χ3n) is 3.58. The number of nitrogens with zero attached hydrogens (tertiary/aromatic N) is 1. The molecule has 16 heavy (non-hydrogen) atoms. The molecule has 2 atom stereocenters. The SMILES string of the molecule is CCc1ccc(CC2CCCCC2Cl)nc1. The van der Waals surface area contributed by atoms with E-state index in [9.17, 15) is 0 Å². The van der Waals surface area contributed by atoms with Gasteiger partial charge in [-0.2, -0.15) is 0 Å². The maximum absolute atomic E-state index is 6.36. The Balaban J connectivity index is 1.96. The summed E-state index contributed by atoms with van der Waals surface area (Å²) < 4.78 is 0. The Bertz CT molecular complexity index is 320. The van der Waals surface area contributed by atoms with Crippen LogP contribution in [-0.4, -0.2) is 10.4 Å². The lowest BCUT2D eigenvalue weighted by Crippen LogP contribution is -2.22. The van der Waals surface area contributed by atoms with Crippen molar-refractivity contribution in [2.75, 3.05) is 0 Å². The molecule has 1 aromatic heterocycles. The van der Waals surface area contributed by atoms with Crippen LogP contribution in [0.5, 0.6) is 0 Å². The van der Waals surface area contributed by atoms with Crippen LogP contribution in [-0.2, 0) is 12.8 Å². The van der Waals surface area contributed by atoms with Crippen molar-refractivity contribution >= 4 is 11.6 Å². The van der Waals surface area contributed by atoms with Crippen molar-refractivity contribution in [3.63, 3.8) is 0 Å². The number of rotatable bonds is 3. The molecule has 1 fully saturated rings. The molecule has 2 rings (SSSR count). The number of hydrogen-bond donors (Lipinski definition) is 0. The molecule has 1 aromatic rings. The van der Waals surface area contributed by atoms with Crippen molar-refractivity contribution in [2.45, 2.75) is 50.8 Å². The van der Waals surface area contributed by atoms with Crippen LogP contribution >= 0.6 is 11.6 Å². The molecule has 0 amide bonds. The van der Waals surface area contributed by atoms with Gasteiger partial charge in [-0.1, -0.05) is 25.8 Å². The zero-order valence-electron chi connectivity index (χ0n) is 9.95. The van der Waals surface area contributed by atoms with Gasteiger partial charge in [0.15, 0.2) is 0 Å². The fourth-order valence-electron chi connectivity index (χ4n) is 2.45. The predicted molar refractivity (Wildman–Crippen MR) is 68.9 cm³/mol. The normalized spacial score (nSPS) is 25.6. The first-order valence-electron chi connectivity index (χ1n) is 6.37. The summed E-state index contributed by atoms with van der Waals surface area (Å²) in [7, 11) is 0. The van der Waals surface area contributed by atoms with Gasteiger partial charge in [-0.15, -0.1) is 11.6 Å². The van der Waals surface area contributed by atoms with E-state index in [-0.39, 0.29) is 0 Å². The van der Waals surface area contributed by atoms with Gasteiger partial charge in [0, 0.05) is 17.3 Å². The third-order valence-corrected chi connectivity index (χ3v) is 4.16. The van der Waals surface area contributed by atoms with Crippen molar-refractivity contribution in [3.8, 4) is 0 Å². The van der Waals surface area contributed by atoms with Crippen LogP contribution in [0.2, 0.25) is 0 Å². The standard InChI is InChI=1S/C14H20ClN/c1-2-11-7-8-13(16-10-11)9-12-5-3-4-6-14(12)15/h7-8,10,12,14H,2-6,9H2,1H3. The van der Waals surface area contributed by atoms with E-state index in [4.69, 9.17) is 11.6 Å². The highest BCUT2D eigenvalue weighted by Gasteiger charge is 2.23. The van der Waals surface area contributed by atoms with Crippen LogP contribution in [0.1, 0.15) is 43.9 Å². The summed E-state index contributed by atoms with van der Waals surface area (Å²) in [6.45, 7) is 2.16. The molecule has 0 spiro atoms. The van der Waals surface area contributed by atoms with Gasteiger partial charge in [0.2, 0.25) is 0 Å². The summed E-state index contributed by atoms with van der Waals surface area (Å²) in [4.78, 5) is 4.52. The smallest absolute Gasteiger partial charge is 0.0407 e. The molecule has 0 N–H and O–H groups in total. The maximum atomic E-state index is 6.36. The topological polar surface area (TPSA) is 12.9 Å². The maximum Gasteiger partial charge on any atom is 0.0407 e. The van der Waals surface area contributed by atoms with E-state index in [1.54, 1.807) is 0 Å². The molecule has 2 heteroatoms. The van der Waals surface area contributed by atoms with E-state index in [0.717, 1.165) is 12.8 Å². The third kappa shape index (κ3) is 2.98. The van der Waals surface area contributed by atoms with Crippen molar-refractivity contribution in [1.29, 1.82) is 0 Å². The van der Waals surface area contributed by atoms with Crippen LogP contribution in [0, 0.1) is 5.92 Å². The number of alkyl halides is 1. The molecule has 1 aliphatic carbocycles. The minimum absolute atomic E-state index is 0.362.